The maximum absolute atomic E-state index is 12.9. The number of hydrogen-bond acceptors (Lipinski definition) is 5. The fraction of sp³-hybridized carbons (Fsp3) is 0.375. The Morgan fingerprint density at radius 3 is 2.47 bits per heavy atom. The third-order valence-corrected chi connectivity index (χ3v) is 7.55. The molecule has 0 atom stereocenters. The Bertz CT molecular complexity index is 1480. The third-order valence-electron chi connectivity index (χ3n) is 7.55. The maximum atomic E-state index is 12.9. The van der Waals surface area contributed by atoms with E-state index in [1.165, 1.54) is 18.4 Å². The largest absolute Gasteiger partial charge is 0.493 e. The van der Waals surface area contributed by atoms with Crippen molar-refractivity contribution in [3.05, 3.63) is 82.3 Å². The average Bonchev–Trinajstić information content (AvgIpc) is 2.90. The number of aromatic amines is 1. The lowest BCUT2D eigenvalue weighted by molar-refractivity contribution is 0.102. The van der Waals surface area contributed by atoms with Crippen LogP contribution in [-0.2, 0) is 0 Å². The predicted octanol–water partition coefficient (Wildman–Crippen LogP) is 7.02. The lowest BCUT2D eigenvalue weighted by Gasteiger charge is -2.41. The molecule has 4 aromatic rings. The van der Waals surface area contributed by atoms with Crippen molar-refractivity contribution in [3.8, 4) is 17.0 Å². The van der Waals surface area contributed by atoms with Crippen LogP contribution in [0.4, 0.5) is 11.5 Å². The van der Waals surface area contributed by atoms with Gasteiger partial charge in [0.15, 0.2) is 0 Å². The van der Waals surface area contributed by atoms with Crippen LogP contribution in [0.2, 0.25) is 0 Å². The Labute approximate surface area is 225 Å². The topological polar surface area (TPSA) is 70.2 Å². The standard InChI is InChI=1S/C32H38N4O2/c1-6-38-28-12-7-21(2)19-26(28)27-20-24-13-16-33-31(37)29(24)30(35-27)34-25-10-8-22(9-11-25)23-14-17-36(18-15-23)32(3,4)5/h7-13,16,19-20,23H,6,14-15,17-18H2,1-5H3,(H,33,37)(H,34,35). The molecule has 2 aromatic heterocycles. The normalized spacial score (nSPS) is 15.1. The van der Waals surface area contributed by atoms with E-state index < -0.39 is 0 Å². The van der Waals surface area contributed by atoms with Crippen molar-refractivity contribution in [3.63, 3.8) is 0 Å². The summed E-state index contributed by atoms with van der Waals surface area (Å²) in [5.41, 5.74) is 5.13. The minimum absolute atomic E-state index is 0.166. The molecule has 1 aliphatic rings. The number of likely N-dealkylation sites (tertiary alicyclic amines) is 1. The minimum Gasteiger partial charge on any atom is -0.493 e. The molecule has 6 nitrogen and oxygen atoms in total. The molecule has 2 N–H and O–H groups in total. The SMILES string of the molecule is CCOc1ccc(C)cc1-c1cc2cc[nH]c(=O)c2c(Nc2ccc(C3CCN(C(C)(C)C)CC3)cc2)n1. The van der Waals surface area contributed by atoms with E-state index >= 15 is 0 Å². The van der Waals surface area contributed by atoms with Crippen molar-refractivity contribution in [2.24, 2.45) is 0 Å². The molecule has 6 heteroatoms. The van der Waals surface area contributed by atoms with E-state index in [0.717, 1.165) is 46.7 Å². The van der Waals surface area contributed by atoms with Crippen LogP contribution in [0.15, 0.2) is 65.6 Å². The summed E-state index contributed by atoms with van der Waals surface area (Å²) < 4.78 is 5.90. The zero-order valence-electron chi connectivity index (χ0n) is 23.1. The molecule has 1 saturated heterocycles. The van der Waals surface area contributed by atoms with E-state index in [1.807, 2.05) is 31.2 Å². The average molecular weight is 511 g/mol. The first-order chi connectivity index (χ1) is 18.2. The van der Waals surface area contributed by atoms with Gasteiger partial charge in [0.1, 0.15) is 11.6 Å². The Balaban J connectivity index is 1.45. The van der Waals surface area contributed by atoms with Crippen LogP contribution in [0.25, 0.3) is 22.0 Å². The molecule has 5 rings (SSSR count). The summed E-state index contributed by atoms with van der Waals surface area (Å²) in [4.78, 5) is 23.2. The predicted molar refractivity (Wildman–Crippen MR) is 157 cm³/mol. The molecule has 1 aliphatic heterocycles. The minimum atomic E-state index is -0.166. The van der Waals surface area contributed by atoms with Gasteiger partial charge in [-0.2, -0.15) is 0 Å². The quantitative estimate of drug-likeness (QED) is 0.292. The van der Waals surface area contributed by atoms with Gasteiger partial charge in [0.25, 0.3) is 5.56 Å². The number of H-pyrrole nitrogens is 1. The van der Waals surface area contributed by atoms with Crippen LogP contribution < -0.4 is 15.6 Å². The van der Waals surface area contributed by atoms with Crippen molar-refractivity contribution in [2.45, 2.75) is 58.9 Å². The smallest absolute Gasteiger partial charge is 0.259 e. The zero-order valence-corrected chi connectivity index (χ0v) is 23.1. The second kappa shape index (κ2) is 10.6. The van der Waals surface area contributed by atoms with Crippen LogP contribution in [0.3, 0.4) is 0 Å². The highest BCUT2D eigenvalue weighted by atomic mass is 16.5. The number of piperidine rings is 1. The zero-order chi connectivity index (χ0) is 26.9. The van der Waals surface area contributed by atoms with Crippen LogP contribution in [0.1, 0.15) is 57.6 Å². The molecule has 1 fully saturated rings. The van der Waals surface area contributed by atoms with Crippen molar-refractivity contribution in [2.75, 3.05) is 25.0 Å². The van der Waals surface area contributed by atoms with Gasteiger partial charge in [-0.1, -0.05) is 23.8 Å². The molecule has 198 valence electrons. The Hall–Kier alpha value is -3.64. The van der Waals surface area contributed by atoms with Crippen molar-refractivity contribution in [1.29, 1.82) is 0 Å². The summed E-state index contributed by atoms with van der Waals surface area (Å²) in [6.07, 6.45) is 4.02. The molecule has 0 aliphatic carbocycles. The number of nitrogens with zero attached hydrogens (tertiary/aromatic N) is 2. The van der Waals surface area contributed by atoms with Crippen LogP contribution >= 0.6 is 0 Å². The third kappa shape index (κ3) is 5.46. The monoisotopic (exact) mass is 510 g/mol. The summed E-state index contributed by atoms with van der Waals surface area (Å²) in [5.74, 6) is 1.89. The molecule has 38 heavy (non-hydrogen) atoms. The number of benzene rings is 2. The number of pyridine rings is 2. The molecule has 0 bridgehead atoms. The number of aryl methyl sites for hydroxylation is 1. The second-order valence-corrected chi connectivity index (χ2v) is 11.2. The first-order valence-electron chi connectivity index (χ1n) is 13.6. The summed E-state index contributed by atoms with van der Waals surface area (Å²) in [7, 11) is 0. The van der Waals surface area contributed by atoms with E-state index in [-0.39, 0.29) is 11.1 Å². The van der Waals surface area contributed by atoms with Crippen molar-refractivity contribution >= 4 is 22.3 Å². The molecule has 2 aromatic carbocycles. The molecule has 0 saturated carbocycles. The van der Waals surface area contributed by atoms with E-state index in [0.29, 0.717) is 23.7 Å². The molecular formula is C32H38N4O2. The summed E-state index contributed by atoms with van der Waals surface area (Å²) in [6.45, 7) is 13.7. The number of rotatable bonds is 6. The number of fused-ring (bicyclic) bond motifs is 1. The van der Waals surface area contributed by atoms with Crippen molar-refractivity contribution < 1.29 is 4.74 Å². The van der Waals surface area contributed by atoms with E-state index in [4.69, 9.17) is 9.72 Å². The van der Waals surface area contributed by atoms with E-state index in [2.05, 4.69) is 73.2 Å². The van der Waals surface area contributed by atoms with Crippen LogP contribution in [0.5, 0.6) is 5.75 Å². The van der Waals surface area contributed by atoms with Crippen LogP contribution in [-0.4, -0.2) is 40.1 Å². The van der Waals surface area contributed by atoms with E-state index in [9.17, 15) is 4.79 Å². The first kappa shape index (κ1) is 26.0. The van der Waals surface area contributed by atoms with Gasteiger partial charge in [-0.05, 0) is 114 Å². The fourth-order valence-electron chi connectivity index (χ4n) is 5.43. The molecule has 0 amide bonds. The lowest BCUT2D eigenvalue weighted by Crippen LogP contribution is -2.45. The first-order valence-corrected chi connectivity index (χ1v) is 13.6. The number of nitrogens with one attached hydrogen (secondary N) is 2. The van der Waals surface area contributed by atoms with Gasteiger partial charge in [-0.25, -0.2) is 4.98 Å². The molecular weight excluding hydrogens is 472 g/mol. The summed E-state index contributed by atoms with van der Waals surface area (Å²) in [5, 5.41) is 4.81. The fourth-order valence-corrected chi connectivity index (χ4v) is 5.43. The molecule has 3 heterocycles. The van der Waals surface area contributed by atoms with Gasteiger partial charge in [0.2, 0.25) is 0 Å². The van der Waals surface area contributed by atoms with E-state index in [1.54, 1.807) is 6.20 Å². The number of aromatic nitrogens is 2. The maximum Gasteiger partial charge on any atom is 0.259 e. The Morgan fingerprint density at radius 1 is 1.05 bits per heavy atom. The number of hydrogen-bond donors (Lipinski definition) is 2. The Morgan fingerprint density at radius 2 is 1.79 bits per heavy atom. The summed E-state index contributed by atoms with van der Waals surface area (Å²) >= 11 is 0. The van der Waals surface area contributed by atoms with Crippen molar-refractivity contribution in [1.82, 2.24) is 14.9 Å². The Kier molecular flexibility index (Phi) is 7.26. The van der Waals surface area contributed by atoms with Gasteiger partial charge in [0.05, 0.1) is 17.7 Å². The van der Waals surface area contributed by atoms with Gasteiger partial charge in [-0.3, -0.25) is 9.69 Å². The number of ether oxygens (including phenoxy) is 1. The highest BCUT2D eigenvalue weighted by molar-refractivity contribution is 5.95. The van der Waals surface area contributed by atoms with Gasteiger partial charge in [-0.15, -0.1) is 0 Å². The van der Waals surface area contributed by atoms with Gasteiger partial charge in [0, 0.05) is 23.0 Å². The second-order valence-electron chi connectivity index (χ2n) is 11.2. The molecule has 0 spiro atoms. The summed E-state index contributed by atoms with van der Waals surface area (Å²) in [6, 6.07) is 18.6. The molecule has 0 unspecified atom stereocenters. The highest BCUT2D eigenvalue weighted by Gasteiger charge is 2.27. The molecule has 0 radical (unpaired) electrons. The van der Waals surface area contributed by atoms with Gasteiger partial charge < -0.3 is 15.0 Å². The highest BCUT2D eigenvalue weighted by Crippen LogP contribution is 2.35. The van der Waals surface area contributed by atoms with Crippen LogP contribution in [0, 0.1) is 6.92 Å². The lowest BCUT2D eigenvalue weighted by atomic mass is 9.87. The number of anilines is 2. The van der Waals surface area contributed by atoms with Gasteiger partial charge >= 0.3 is 0 Å².